The van der Waals surface area contributed by atoms with Crippen LogP contribution < -0.4 is 0 Å². The van der Waals surface area contributed by atoms with Crippen LogP contribution in [0.4, 0.5) is 0 Å². The number of amides is 1. The summed E-state index contributed by atoms with van der Waals surface area (Å²) in [6, 6.07) is 5.14. The van der Waals surface area contributed by atoms with E-state index in [9.17, 15) is 4.79 Å². The van der Waals surface area contributed by atoms with Crippen molar-refractivity contribution >= 4 is 29.1 Å². The molecular formula is C18H17Cl2N5O3. The van der Waals surface area contributed by atoms with Gasteiger partial charge in [0.05, 0.1) is 11.4 Å². The lowest BCUT2D eigenvalue weighted by Gasteiger charge is -2.30. The number of aromatic nitrogens is 4. The highest BCUT2D eigenvalue weighted by atomic mass is 35.5. The second-order valence-corrected chi connectivity index (χ2v) is 7.55. The van der Waals surface area contributed by atoms with Crippen LogP contribution in [0.15, 0.2) is 27.4 Å². The largest absolute Gasteiger partial charge is 0.342 e. The van der Waals surface area contributed by atoms with Crippen molar-refractivity contribution in [1.29, 1.82) is 0 Å². The molecule has 0 atom stereocenters. The Hall–Kier alpha value is -2.45. The van der Waals surface area contributed by atoms with Crippen LogP contribution in [0, 0.1) is 6.92 Å². The number of carbonyl (C=O) groups is 1. The van der Waals surface area contributed by atoms with Gasteiger partial charge in [-0.15, -0.1) is 0 Å². The van der Waals surface area contributed by atoms with Crippen LogP contribution in [-0.4, -0.2) is 44.4 Å². The molecule has 146 valence electrons. The molecule has 10 heteroatoms. The molecule has 1 fully saturated rings. The summed E-state index contributed by atoms with van der Waals surface area (Å²) in [4.78, 5) is 18.8. The quantitative estimate of drug-likeness (QED) is 0.633. The molecule has 4 rings (SSSR count). The third-order valence-corrected chi connectivity index (χ3v) is 5.42. The minimum absolute atomic E-state index is 0.0106. The third-order valence-electron chi connectivity index (χ3n) is 4.88. The lowest BCUT2D eigenvalue weighted by molar-refractivity contribution is -0.131. The van der Waals surface area contributed by atoms with Crippen molar-refractivity contribution in [2.24, 2.45) is 0 Å². The summed E-state index contributed by atoms with van der Waals surface area (Å²) in [5, 5.41) is 12.5. The first kappa shape index (κ1) is 18.9. The van der Waals surface area contributed by atoms with Gasteiger partial charge in [0.25, 0.3) is 0 Å². The summed E-state index contributed by atoms with van der Waals surface area (Å²) in [6.07, 6.45) is 1.69. The number of carbonyl (C=O) groups excluding carboxylic acids is 1. The van der Waals surface area contributed by atoms with Crippen molar-refractivity contribution in [3.05, 3.63) is 45.5 Å². The number of likely N-dealkylation sites (tertiary alicyclic amines) is 1. The topological polar surface area (TPSA) is 98.2 Å². The predicted molar refractivity (Wildman–Crippen MR) is 101 cm³/mol. The second-order valence-electron chi connectivity index (χ2n) is 6.71. The smallest absolute Gasteiger partial charge is 0.230 e. The highest BCUT2D eigenvalue weighted by Gasteiger charge is 2.28. The molecule has 1 aromatic carbocycles. The Morgan fingerprint density at radius 3 is 2.68 bits per heavy atom. The van der Waals surface area contributed by atoms with Crippen LogP contribution in [0.2, 0.25) is 10.0 Å². The van der Waals surface area contributed by atoms with Gasteiger partial charge in [-0.3, -0.25) is 4.79 Å². The van der Waals surface area contributed by atoms with Gasteiger partial charge in [-0.2, -0.15) is 4.98 Å². The number of rotatable bonds is 4. The Bertz CT molecular complexity index is 995. The van der Waals surface area contributed by atoms with Gasteiger partial charge in [-0.1, -0.05) is 38.7 Å². The molecule has 0 bridgehead atoms. The molecule has 1 saturated heterocycles. The molecule has 3 heterocycles. The van der Waals surface area contributed by atoms with Gasteiger partial charge in [0.1, 0.15) is 11.4 Å². The monoisotopic (exact) mass is 421 g/mol. The molecule has 8 nitrogen and oxygen atoms in total. The fourth-order valence-electron chi connectivity index (χ4n) is 3.22. The lowest BCUT2D eigenvalue weighted by Crippen LogP contribution is -2.39. The van der Waals surface area contributed by atoms with E-state index >= 15 is 0 Å². The first-order valence-corrected chi connectivity index (χ1v) is 9.61. The Morgan fingerprint density at radius 2 is 2.00 bits per heavy atom. The van der Waals surface area contributed by atoms with Gasteiger partial charge < -0.3 is 9.42 Å². The molecule has 0 N–H and O–H groups in total. The zero-order valence-electron chi connectivity index (χ0n) is 15.1. The Kier molecular flexibility index (Phi) is 5.32. The molecule has 1 amide bonds. The van der Waals surface area contributed by atoms with E-state index in [0.29, 0.717) is 51.8 Å². The van der Waals surface area contributed by atoms with Gasteiger partial charge in [-0.05, 0) is 38.0 Å². The molecule has 1 aliphatic rings. The Labute approximate surface area is 170 Å². The summed E-state index contributed by atoms with van der Waals surface area (Å²) in [5.74, 6) is 1.11. The molecular weight excluding hydrogens is 405 g/mol. The molecule has 0 saturated carbocycles. The Morgan fingerprint density at radius 1 is 1.21 bits per heavy atom. The van der Waals surface area contributed by atoms with Gasteiger partial charge >= 0.3 is 0 Å². The fraction of sp³-hybridized carbons (Fsp3) is 0.389. The molecule has 28 heavy (non-hydrogen) atoms. The number of aryl methyl sites for hydroxylation is 1. The van der Waals surface area contributed by atoms with Crippen molar-refractivity contribution in [3.63, 3.8) is 0 Å². The lowest BCUT2D eigenvalue weighted by atomic mass is 9.96. The molecule has 0 spiro atoms. The minimum Gasteiger partial charge on any atom is -0.342 e. The third kappa shape index (κ3) is 3.88. The minimum atomic E-state index is 0.0106. The van der Waals surface area contributed by atoms with Crippen LogP contribution in [-0.2, 0) is 11.2 Å². The first-order chi connectivity index (χ1) is 13.5. The van der Waals surface area contributed by atoms with E-state index in [-0.39, 0.29) is 18.2 Å². The van der Waals surface area contributed by atoms with E-state index in [1.54, 1.807) is 25.1 Å². The summed E-state index contributed by atoms with van der Waals surface area (Å²) in [7, 11) is 0. The van der Waals surface area contributed by atoms with E-state index in [2.05, 4.69) is 25.1 Å². The van der Waals surface area contributed by atoms with Crippen LogP contribution >= 0.6 is 23.2 Å². The van der Waals surface area contributed by atoms with E-state index in [4.69, 9.17) is 27.7 Å². The van der Waals surface area contributed by atoms with Crippen molar-refractivity contribution in [2.45, 2.75) is 32.1 Å². The molecule has 0 unspecified atom stereocenters. The number of halogens is 2. The summed E-state index contributed by atoms with van der Waals surface area (Å²) < 4.78 is 10.1. The number of nitrogens with zero attached hydrogens (tertiary/aromatic N) is 5. The standard InChI is InChI=1S/C18H17Cl2N5O3/c1-10-15(23-28-22-10)9-16(26)25-6-4-11(5-7-25)18-21-17(24-27-18)13-3-2-12(19)8-14(13)20/h2-3,8,11H,4-7,9H2,1H3. The molecule has 1 aliphatic heterocycles. The van der Waals surface area contributed by atoms with E-state index < -0.39 is 0 Å². The number of hydrogen-bond donors (Lipinski definition) is 0. The van der Waals surface area contributed by atoms with Crippen molar-refractivity contribution < 1.29 is 13.9 Å². The number of hydrogen-bond acceptors (Lipinski definition) is 7. The van der Waals surface area contributed by atoms with Crippen LogP contribution in [0.1, 0.15) is 36.0 Å². The number of benzene rings is 1. The normalized spacial score (nSPS) is 15.2. The van der Waals surface area contributed by atoms with Gasteiger partial charge in [0.15, 0.2) is 0 Å². The fourth-order valence-corrected chi connectivity index (χ4v) is 3.72. The number of piperidine rings is 1. The average molecular weight is 422 g/mol. The highest BCUT2D eigenvalue weighted by molar-refractivity contribution is 6.36. The Balaban J connectivity index is 1.38. The molecule has 0 aliphatic carbocycles. The van der Waals surface area contributed by atoms with Crippen molar-refractivity contribution in [1.82, 2.24) is 25.4 Å². The maximum atomic E-state index is 12.5. The van der Waals surface area contributed by atoms with Crippen molar-refractivity contribution in [2.75, 3.05) is 13.1 Å². The summed E-state index contributed by atoms with van der Waals surface area (Å²) >= 11 is 12.1. The van der Waals surface area contributed by atoms with Gasteiger partial charge in [-0.25, -0.2) is 4.63 Å². The second kappa shape index (κ2) is 7.89. The van der Waals surface area contributed by atoms with Crippen molar-refractivity contribution in [3.8, 4) is 11.4 Å². The van der Waals surface area contributed by atoms with Crippen LogP contribution in [0.3, 0.4) is 0 Å². The first-order valence-electron chi connectivity index (χ1n) is 8.86. The summed E-state index contributed by atoms with van der Waals surface area (Å²) in [5.41, 5.74) is 1.89. The molecule has 3 aromatic rings. The maximum Gasteiger partial charge on any atom is 0.230 e. The SMILES string of the molecule is Cc1nonc1CC(=O)N1CCC(c2nc(-c3ccc(Cl)cc3Cl)no2)CC1. The molecule has 0 radical (unpaired) electrons. The zero-order valence-corrected chi connectivity index (χ0v) is 16.6. The summed E-state index contributed by atoms with van der Waals surface area (Å²) in [6.45, 7) is 3.01. The van der Waals surface area contributed by atoms with Crippen LogP contribution in [0.5, 0.6) is 0 Å². The van der Waals surface area contributed by atoms with E-state index in [0.717, 1.165) is 12.8 Å². The predicted octanol–water partition coefficient (Wildman–Crippen LogP) is 3.68. The highest BCUT2D eigenvalue weighted by Crippen LogP contribution is 2.32. The van der Waals surface area contributed by atoms with E-state index in [1.807, 2.05) is 4.90 Å². The zero-order chi connectivity index (χ0) is 19.7. The maximum absolute atomic E-state index is 12.5. The van der Waals surface area contributed by atoms with E-state index in [1.165, 1.54) is 0 Å². The van der Waals surface area contributed by atoms with Crippen LogP contribution in [0.25, 0.3) is 11.4 Å². The average Bonchev–Trinajstić information content (AvgIpc) is 3.32. The molecule has 2 aromatic heterocycles. The van der Waals surface area contributed by atoms with Gasteiger partial charge in [0.2, 0.25) is 17.6 Å². The van der Waals surface area contributed by atoms with Gasteiger partial charge in [0, 0.05) is 29.6 Å².